The summed E-state index contributed by atoms with van der Waals surface area (Å²) in [5, 5.41) is 7.36. The number of benzene rings is 8. The Morgan fingerprint density at radius 2 is 0.784 bits per heavy atom. The van der Waals surface area contributed by atoms with Gasteiger partial charge in [-0.15, -0.1) is 0 Å². The molecule has 0 spiro atoms. The number of fused-ring (bicyclic) bond motifs is 5. The van der Waals surface area contributed by atoms with Gasteiger partial charge in [-0.1, -0.05) is 146 Å². The van der Waals surface area contributed by atoms with Crippen molar-refractivity contribution in [1.29, 1.82) is 0 Å². The molecule has 10 aromatic rings. The summed E-state index contributed by atoms with van der Waals surface area (Å²) in [4.78, 5) is 14.9. The van der Waals surface area contributed by atoms with E-state index in [1.165, 1.54) is 38.0 Å². The van der Waals surface area contributed by atoms with Gasteiger partial charge in [0, 0.05) is 33.2 Å². The number of rotatable bonds is 5. The van der Waals surface area contributed by atoms with Crippen molar-refractivity contribution in [3.8, 4) is 51.0 Å². The zero-order valence-corrected chi connectivity index (χ0v) is 27.6. The maximum Gasteiger partial charge on any atom is 0.164 e. The fraction of sp³-hybridized carbons (Fsp3) is 0. The van der Waals surface area contributed by atoms with Gasteiger partial charge in [0.05, 0.1) is 11.0 Å². The summed E-state index contributed by atoms with van der Waals surface area (Å²) >= 11 is 0. The molecule has 51 heavy (non-hydrogen) atoms. The summed E-state index contributed by atoms with van der Waals surface area (Å²) in [6, 6.07) is 64.1. The minimum Gasteiger partial charge on any atom is -0.309 e. The first-order valence-corrected chi connectivity index (χ1v) is 17.2. The molecule has 4 nitrogen and oxygen atoms in total. The summed E-state index contributed by atoms with van der Waals surface area (Å²) in [5.41, 5.74) is 8.68. The van der Waals surface area contributed by atoms with Gasteiger partial charge in [-0.05, 0) is 69.1 Å². The predicted octanol–water partition coefficient (Wildman–Crippen LogP) is 11.9. The molecule has 0 aliphatic carbocycles. The van der Waals surface area contributed by atoms with Crippen LogP contribution in [0, 0.1) is 0 Å². The van der Waals surface area contributed by atoms with Crippen LogP contribution in [0.5, 0.6) is 0 Å². The Morgan fingerprint density at radius 1 is 0.294 bits per heavy atom. The van der Waals surface area contributed by atoms with E-state index in [1.807, 2.05) is 30.3 Å². The first kappa shape index (κ1) is 29.0. The molecule has 0 saturated carbocycles. The van der Waals surface area contributed by atoms with Crippen molar-refractivity contribution in [2.75, 3.05) is 0 Å². The van der Waals surface area contributed by atoms with E-state index >= 15 is 0 Å². The Bertz CT molecular complexity index is 2890. The van der Waals surface area contributed by atoms with Gasteiger partial charge in [0.25, 0.3) is 0 Å². The molecule has 0 atom stereocenters. The molecule has 238 valence electrons. The lowest BCUT2D eigenvalue weighted by atomic mass is 10.0. The van der Waals surface area contributed by atoms with Crippen molar-refractivity contribution >= 4 is 43.4 Å². The summed E-state index contributed by atoms with van der Waals surface area (Å²) in [6.07, 6.45) is 0. The van der Waals surface area contributed by atoms with Gasteiger partial charge in [-0.3, -0.25) is 0 Å². The zero-order valence-electron chi connectivity index (χ0n) is 27.6. The highest BCUT2D eigenvalue weighted by atomic mass is 15.0. The minimum atomic E-state index is 0.646. The average molecular weight is 651 g/mol. The van der Waals surface area contributed by atoms with Crippen molar-refractivity contribution < 1.29 is 0 Å². The summed E-state index contributed by atoms with van der Waals surface area (Å²) in [6.45, 7) is 0. The number of aromatic nitrogens is 4. The van der Waals surface area contributed by atoms with Crippen molar-refractivity contribution in [3.05, 3.63) is 182 Å². The fourth-order valence-electron chi connectivity index (χ4n) is 7.23. The van der Waals surface area contributed by atoms with E-state index in [2.05, 4.69) is 156 Å². The van der Waals surface area contributed by atoms with Crippen LogP contribution in [0.4, 0.5) is 0 Å². The van der Waals surface area contributed by atoms with Crippen LogP contribution in [-0.2, 0) is 0 Å². The van der Waals surface area contributed by atoms with Gasteiger partial charge in [0.1, 0.15) is 0 Å². The van der Waals surface area contributed by atoms with Gasteiger partial charge < -0.3 is 4.57 Å². The molecular weight excluding hydrogens is 621 g/mol. The lowest BCUT2D eigenvalue weighted by Crippen LogP contribution is -2.00. The third-order valence-electron chi connectivity index (χ3n) is 9.82. The van der Waals surface area contributed by atoms with Crippen molar-refractivity contribution in [2.24, 2.45) is 0 Å². The van der Waals surface area contributed by atoms with Crippen LogP contribution in [0.2, 0.25) is 0 Å². The second-order valence-corrected chi connectivity index (χ2v) is 12.9. The highest BCUT2D eigenvalue weighted by molar-refractivity contribution is 6.13. The molecule has 8 aromatic carbocycles. The predicted molar refractivity (Wildman–Crippen MR) is 211 cm³/mol. The van der Waals surface area contributed by atoms with Gasteiger partial charge in [-0.2, -0.15) is 0 Å². The van der Waals surface area contributed by atoms with Crippen molar-refractivity contribution in [3.63, 3.8) is 0 Å². The van der Waals surface area contributed by atoms with Crippen molar-refractivity contribution in [2.45, 2.75) is 0 Å². The normalized spacial score (nSPS) is 11.5. The topological polar surface area (TPSA) is 43.6 Å². The lowest BCUT2D eigenvalue weighted by Gasteiger charge is -2.11. The maximum absolute atomic E-state index is 4.99. The molecule has 4 heteroatoms. The van der Waals surface area contributed by atoms with Crippen LogP contribution in [0.3, 0.4) is 0 Å². The van der Waals surface area contributed by atoms with E-state index in [-0.39, 0.29) is 0 Å². The number of hydrogen-bond donors (Lipinski definition) is 0. The lowest BCUT2D eigenvalue weighted by molar-refractivity contribution is 1.07. The smallest absolute Gasteiger partial charge is 0.164 e. The highest BCUT2D eigenvalue weighted by Crippen LogP contribution is 2.36. The second-order valence-electron chi connectivity index (χ2n) is 12.9. The van der Waals surface area contributed by atoms with Crippen molar-refractivity contribution in [1.82, 2.24) is 19.5 Å². The summed E-state index contributed by atoms with van der Waals surface area (Å²) < 4.78 is 2.38. The molecule has 2 aromatic heterocycles. The Hall–Kier alpha value is -6.91. The largest absolute Gasteiger partial charge is 0.309 e. The van der Waals surface area contributed by atoms with E-state index in [0.29, 0.717) is 17.5 Å². The number of para-hydroxylation sites is 1. The molecule has 0 N–H and O–H groups in total. The Balaban J connectivity index is 1.02. The molecule has 0 aliphatic heterocycles. The maximum atomic E-state index is 4.99. The minimum absolute atomic E-state index is 0.646. The standard InChI is InChI=1S/C47H30N4/c1-2-11-34(12-3-1)45-48-46(50-47(49-45)39-23-20-31-10-4-5-13-36(31)28-39)35-21-18-32(19-22-35)33-24-26-40(27-25-33)51-43-17-9-8-16-41(43)42-29-37-14-6-7-15-38(37)30-44(42)51/h1-30H. The summed E-state index contributed by atoms with van der Waals surface area (Å²) in [5.74, 6) is 1.96. The average Bonchev–Trinajstić information content (AvgIpc) is 3.53. The molecule has 0 saturated heterocycles. The molecule has 0 fully saturated rings. The quantitative estimate of drug-likeness (QED) is 0.186. The first-order chi connectivity index (χ1) is 25.2. The zero-order chi connectivity index (χ0) is 33.7. The van der Waals surface area contributed by atoms with Gasteiger partial charge >= 0.3 is 0 Å². The highest BCUT2D eigenvalue weighted by Gasteiger charge is 2.15. The number of nitrogens with zero attached hydrogens (tertiary/aromatic N) is 4. The second kappa shape index (κ2) is 11.9. The van der Waals surface area contributed by atoms with Crippen LogP contribution in [0.1, 0.15) is 0 Å². The fourth-order valence-corrected chi connectivity index (χ4v) is 7.23. The Kier molecular flexibility index (Phi) is 6.78. The van der Waals surface area contributed by atoms with Crippen LogP contribution in [0.15, 0.2) is 182 Å². The number of hydrogen-bond acceptors (Lipinski definition) is 3. The van der Waals surface area contributed by atoms with E-state index in [9.17, 15) is 0 Å². The van der Waals surface area contributed by atoms with Crippen LogP contribution >= 0.6 is 0 Å². The van der Waals surface area contributed by atoms with E-state index in [1.54, 1.807) is 0 Å². The van der Waals surface area contributed by atoms with Crippen LogP contribution < -0.4 is 0 Å². The Labute approximate surface area is 295 Å². The monoisotopic (exact) mass is 650 g/mol. The first-order valence-electron chi connectivity index (χ1n) is 17.2. The third-order valence-corrected chi connectivity index (χ3v) is 9.82. The van der Waals surface area contributed by atoms with Crippen LogP contribution in [-0.4, -0.2) is 19.5 Å². The molecule has 0 radical (unpaired) electrons. The molecular formula is C47H30N4. The molecule has 0 unspecified atom stereocenters. The molecule has 0 aliphatic rings. The summed E-state index contributed by atoms with van der Waals surface area (Å²) in [7, 11) is 0. The van der Waals surface area contributed by atoms with Gasteiger partial charge in [0.2, 0.25) is 0 Å². The molecule has 10 rings (SSSR count). The van der Waals surface area contributed by atoms with E-state index < -0.39 is 0 Å². The van der Waals surface area contributed by atoms with Gasteiger partial charge in [-0.25, -0.2) is 15.0 Å². The SMILES string of the molecule is c1ccc(-c2nc(-c3ccc(-c4ccc(-n5c6ccccc6c6cc7ccccc7cc65)cc4)cc3)nc(-c3ccc4ccccc4c3)n2)cc1. The van der Waals surface area contributed by atoms with Crippen LogP contribution in [0.25, 0.3) is 94.3 Å². The molecule has 0 bridgehead atoms. The van der Waals surface area contributed by atoms with E-state index in [4.69, 9.17) is 15.0 Å². The molecule has 0 amide bonds. The third kappa shape index (κ3) is 5.13. The Morgan fingerprint density at radius 3 is 1.49 bits per heavy atom. The van der Waals surface area contributed by atoms with Gasteiger partial charge in [0.15, 0.2) is 17.5 Å². The molecule has 2 heterocycles. The van der Waals surface area contributed by atoms with E-state index in [0.717, 1.165) is 38.9 Å².